The number of aryl methyl sites for hydroxylation is 1. The third-order valence-corrected chi connectivity index (χ3v) is 3.03. The van der Waals surface area contributed by atoms with Crippen LogP contribution in [0.3, 0.4) is 0 Å². The van der Waals surface area contributed by atoms with Crippen LogP contribution in [0.2, 0.25) is 0 Å². The van der Waals surface area contributed by atoms with Crippen molar-refractivity contribution in [1.29, 1.82) is 0 Å². The van der Waals surface area contributed by atoms with Crippen LogP contribution in [0.15, 0.2) is 36.9 Å². The molecule has 0 aliphatic rings. The highest BCUT2D eigenvalue weighted by Crippen LogP contribution is 2.16. The fourth-order valence-electron chi connectivity index (χ4n) is 1.99. The Morgan fingerprint density at radius 2 is 2.10 bits per heavy atom. The molecule has 0 spiro atoms. The second-order valence-corrected chi connectivity index (χ2v) is 4.53. The maximum absolute atomic E-state index is 11.0. The maximum Gasteiger partial charge on any atom is 0.335 e. The van der Waals surface area contributed by atoms with Gasteiger partial charge in [-0.1, -0.05) is 0 Å². The van der Waals surface area contributed by atoms with Gasteiger partial charge < -0.3 is 9.67 Å². The molecule has 0 unspecified atom stereocenters. The average molecular weight is 268 g/mol. The third kappa shape index (κ3) is 2.23. The SMILES string of the molecule is Cc1cnc(Cn2cnc3ccc(C(=O)O)cc32)cn1. The summed E-state index contributed by atoms with van der Waals surface area (Å²) >= 11 is 0. The Labute approximate surface area is 114 Å². The summed E-state index contributed by atoms with van der Waals surface area (Å²) in [5, 5.41) is 9.04. The Hall–Kier alpha value is -2.76. The molecule has 0 bridgehead atoms. The van der Waals surface area contributed by atoms with Crippen LogP contribution in [0.5, 0.6) is 0 Å². The Kier molecular flexibility index (Phi) is 2.90. The molecule has 0 fully saturated rings. The monoisotopic (exact) mass is 268 g/mol. The van der Waals surface area contributed by atoms with Gasteiger partial charge in [0.15, 0.2) is 0 Å². The molecule has 0 saturated heterocycles. The van der Waals surface area contributed by atoms with Crippen LogP contribution in [-0.2, 0) is 6.54 Å². The molecule has 6 nitrogen and oxygen atoms in total. The summed E-state index contributed by atoms with van der Waals surface area (Å²) in [6.45, 7) is 2.38. The summed E-state index contributed by atoms with van der Waals surface area (Å²) < 4.78 is 1.86. The Balaban J connectivity index is 2.00. The molecular formula is C14H12N4O2. The first-order valence-electron chi connectivity index (χ1n) is 6.09. The molecule has 2 heterocycles. The van der Waals surface area contributed by atoms with Gasteiger partial charge in [0.25, 0.3) is 0 Å². The fourth-order valence-corrected chi connectivity index (χ4v) is 1.99. The number of fused-ring (bicyclic) bond motifs is 1. The van der Waals surface area contributed by atoms with Crippen LogP contribution >= 0.6 is 0 Å². The largest absolute Gasteiger partial charge is 0.478 e. The van der Waals surface area contributed by atoms with E-state index in [0.717, 1.165) is 22.4 Å². The summed E-state index contributed by atoms with van der Waals surface area (Å²) in [5.74, 6) is -0.949. The predicted molar refractivity (Wildman–Crippen MR) is 72.6 cm³/mol. The average Bonchev–Trinajstić information content (AvgIpc) is 2.84. The molecule has 1 N–H and O–H groups in total. The number of carboxylic acids is 1. The quantitative estimate of drug-likeness (QED) is 0.784. The second-order valence-electron chi connectivity index (χ2n) is 4.53. The van der Waals surface area contributed by atoms with E-state index in [1.807, 2.05) is 11.5 Å². The first kappa shape index (κ1) is 12.3. The van der Waals surface area contributed by atoms with Crippen molar-refractivity contribution in [2.45, 2.75) is 13.5 Å². The van der Waals surface area contributed by atoms with E-state index in [1.54, 1.807) is 36.9 Å². The maximum atomic E-state index is 11.0. The van der Waals surface area contributed by atoms with E-state index < -0.39 is 5.97 Å². The van der Waals surface area contributed by atoms with Gasteiger partial charge in [-0.05, 0) is 25.1 Å². The molecule has 0 radical (unpaired) electrons. The van der Waals surface area contributed by atoms with Gasteiger partial charge in [-0.2, -0.15) is 0 Å². The van der Waals surface area contributed by atoms with E-state index in [0.29, 0.717) is 6.54 Å². The number of hydrogen-bond donors (Lipinski definition) is 1. The van der Waals surface area contributed by atoms with Crippen LogP contribution in [-0.4, -0.2) is 30.6 Å². The van der Waals surface area contributed by atoms with Crippen LogP contribution in [0, 0.1) is 6.92 Å². The van der Waals surface area contributed by atoms with Crippen molar-refractivity contribution in [3.05, 3.63) is 53.9 Å². The van der Waals surface area contributed by atoms with Gasteiger partial charge in [0.1, 0.15) is 0 Å². The lowest BCUT2D eigenvalue weighted by Crippen LogP contribution is -2.02. The van der Waals surface area contributed by atoms with Gasteiger partial charge >= 0.3 is 5.97 Å². The Bertz CT molecular complexity index is 777. The van der Waals surface area contributed by atoms with Crippen LogP contribution in [0.25, 0.3) is 11.0 Å². The van der Waals surface area contributed by atoms with E-state index in [9.17, 15) is 4.79 Å². The summed E-state index contributed by atoms with van der Waals surface area (Å²) in [4.78, 5) is 23.8. The smallest absolute Gasteiger partial charge is 0.335 e. The number of carboxylic acid groups (broad SMARTS) is 1. The van der Waals surface area contributed by atoms with Crippen molar-refractivity contribution in [1.82, 2.24) is 19.5 Å². The summed E-state index contributed by atoms with van der Waals surface area (Å²) in [6.07, 6.45) is 5.09. The zero-order valence-electron chi connectivity index (χ0n) is 10.8. The summed E-state index contributed by atoms with van der Waals surface area (Å²) in [5.41, 5.74) is 3.43. The lowest BCUT2D eigenvalue weighted by molar-refractivity contribution is 0.0697. The first-order chi connectivity index (χ1) is 9.63. The topological polar surface area (TPSA) is 80.9 Å². The van der Waals surface area contributed by atoms with E-state index in [4.69, 9.17) is 5.11 Å². The molecule has 2 aromatic heterocycles. The molecule has 3 rings (SSSR count). The van der Waals surface area contributed by atoms with Crippen LogP contribution in [0.4, 0.5) is 0 Å². The number of hydrogen-bond acceptors (Lipinski definition) is 4. The number of nitrogens with zero attached hydrogens (tertiary/aromatic N) is 4. The first-order valence-corrected chi connectivity index (χ1v) is 6.09. The number of carbonyl (C=O) groups is 1. The molecule has 6 heteroatoms. The Morgan fingerprint density at radius 1 is 1.25 bits per heavy atom. The third-order valence-electron chi connectivity index (χ3n) is 3.03. The van der Waals surface area contributed by atoms with Gasteiger partial charge in [-0.25, -0.2) is 9.78 Å². The minimum Gasteiger partial charge on any atom is -0.478 e. The van der Waals surface area contributed by atoms with Gasteiger partial charge in [-0.3, -0.25) is 9.97 Å². The van der Waals surface area contributed by atoms with E-state index >= 15 is 0 Å². The van der Waals surface area contributed by atoms with Crippen molar-refractivity contribution in [3.8, 4) is 0 Å². The zero-order chi connectivity index (χ0) is 14.1. The minimum absolute atomic E-state index is 0.245. The highest BCUT2D eigenvalue weighted by atomic mass is 16.4. The fraction of sp³-hybridized carbons (Fsp3) is 0.143. The molecule has 20 heavy (non-hydrogen) atoms. The van der Waals surface area contributed by atoms with Gasteiger partial charge in [0, 0.05) is 6.20 Å². The van der Waals surface area contributed by atoms with Crippen LogP contribution in [0.1, 0.15) is 21.7 Å². The minimum atomic E-state index is -0.949. The summed E-state index contributed by atoms with van der Waals surface area (Å²) in [6, 6.07) is 4.87. The predicted octanol–water partition coefficient (Wildman–Crippen LogP) is 1.88. The summed E-state index contributed by atoms with van der Waals surface area (Å²) in [7, 11) is 0. The highest BCUT2D eigenvalue weighted by Gasteiger charge is 2.08. The highest BCUT2D eigenvalue weighted by molar-refractivity contribution is 5.92. The van der Waals surface area contributed by atoms with E-state index in [-0.39, 0.29) is 5.56 Å². The van der Waals surface area contributed by atoms with Crippen LogP contribution < -0.4 is 0 Å². The number of rotatable bonds is 3. The number of aromatic carboxylic acids is 1. The van der Waals surface area contributed by atoms with E-state index in [2.05, 4.69) is 15.0 Å². The lowest BCUT2D eigenvalue weighted by atomic mass is 10.2. The van der Waals surface area contributed by atoms with Crippen molar-refractivity contribution in [2.24, 2.45) is 0 Å². The zero-order valence-corrected chi connectivity index (χ0v) is 10.8. The number of imidazole rings is 1. The van der Waals surface area contributed by atoms with E-state index in [1.165, 1.54) is 0 Å². The molecule has 0 atom stereocenters. The Morgan fingerprint density at radius 3 is 2.80 bits per heavy atom. The van der Waals surface area contributed by atoms with Crippen molar-refractivity contribution in [3.63, 3.8) is 0 Å². The molecule has 0 aliphatic carbocycles. The molecule has 100 valence electrons. The number of benzene rings is 1. The molecular weight excluding hydrogens is 256 g/mol. The van der Waals surface area contributed by atoms with Gasteiger partial charge in [0.05, 0.1) is 47.1 Å². The molecule has 0 amide bonds. The van der Waals surface area contributed by atoms with Crippen molar-refractivity contribution < 1.29 is 9.90 Å². The lowest BCUT2D eigenvalue weighted by Gasteiger charge is -2.04. The van der Waals surface area contributed by atoms with Crippen molar-refractivity contribution >= 4 is 17.0 Å². The molecule has 0 saturated carbocycles. The molecule has 3 aromatic rings. The molecule has 0 aliphatic heterocycles. The van der Waals surface area contributed by atoms with Gasteiger partial charge in [0.2, 0.25) is 0 Å². The standard InChI is InChI=1S/C14H12N4O2/c1-9-5-16-11(6-15-9)7-18-8-17-12-3-2-10(14(19)20)4-13(12)18/h2-6,8H,7H2,1H3,(H,19,20). The van der Waals surface area contributed by atoms with Gasteiger partial charge in [-0.15, -0.1) is 0 Å². The second kappa shape index (κ2) is 4.73. The number of aromatic nitrogens is 4. The van der Waals surface area contributed by atoms with Crippen molar-refractivity contribution in [2.75, 3.05) is 0 Å². The molecule has 1 aromatic carbocycles. The normalized spacial score (nSPS) is 10.8.